The van der Waals surface area contributed by atoms with E-state index in [0.717, 1.165) is 12.0 Å². The molecule has 0 amide bonds. The molecule has 3 rings (SSSR count). The Labute approximate surface area is 127 Å². The van der Waals surface area contributed by atoms with Gasteiger partial charge in [0.1, 0.15) is 0 Å². The van der Waals surface area contributed by atoms with Gasteiger partial charge in [0.2, 0.25) is 5.95 Å². The highest BCUT2D eigenvalue weighted by Crippen LogP contribution is 2.36. The molecule has 110 valence electrons. The van der Waals surface area contributed by atoms with Crippen LogP contribution in [0.2, 0.25) is 0 Å². The Morgan fingerprint density at radius 3 is 2.43 bits per heavy atom. The van der Waals surface area contributed by atoms with Gasteiger partial charge in [0.15, 0.2) is 0 Å². The summed E-state index contributed by atoms with van der Waals surface area (Å²) in [7, 11) is 2.99. The lowest BCUT2D eigenvalue weighted by Crippen LogP contribution is -2.19. The zero-order valence-corrected chi connectivity index (χ0v) is 12.5. The van der Waals surface area contributed by atoms with E-state index >= 15 is 0 Å². The minimum atomic E-state index is -0.0591. The van der Waals surface area contributed by atoms with Gasteiger partial charge in [-0.05, 0) is 17.5 Å². The normalized spacial score (nSPS) is 20.0. The minimum absolute atomic E-state index is 0.0559. The number of halogens is 1. The maximum atomic E-state index is 6.44. The van der Waals surface area contributed by atoms with Crippen LogP contribution in [0.25, 0.3) is 0 Å². The van der Waals surface area contributed by atoms with Crippen LogP contribution in [0.15, 0.2) is 24.3 Å². The van der Waals surface area contributed by atoms with Crippen LogP contribution >= 0.6 is 11.6 Å². The molecule has 2 aromatic rings. The number of ether oxygens (including phenoxy) is 2. The first-order valence-electron chi connectivity index (χ1n) is 6.53. The molecular weight excluding hydrogens is 292 g/mol. The molecule has 0 fully saturated rings. The second-order valence-corrected chi connectivity index (χ2v) is 5.23. The van der Waals surface area contributed by atoms with Gasteiger partial charge in [-0.1, -0.05) is 24.3 Å². The lowest BCUT2D eigenvalue weighted by Gasteiger charge is -2.17. The average Bonchev–Trinajstić information content (AvgIpc) is 2.83. The summed E-state index contributed by atoms with van der Waals surface area (Å²) in [5, 5.41) is 3.18. The second-order valence-electron chi connectivity index (χ2n) is 4.67. The van der Waals surface area contributed by atoms with Gasteiger partial charge in [0, 0.05) is 0 Å². The highest BCUT2D eigenvalue weighted by molar-refractivity contribution is 6.21. The molecule has 1 N–H and O–H groups in total. The van der Waals surface area contributed by atoms with Crippen molar-refractivity contribution in [1.82, 2.24) is 15.0 Å². The molecule has 1 aliphatic carbocycles. The van der Waals surface area contributed by atoms with Crippen molar-refractivity contribution in [3.63, 3.8) is 0 Å². The predicted octanol–water partition coefficient (Wildman–Crippen LogP) is 2.21. The van der Waals surface area contributed by atoms with Crippen LogP contribution in [0.5, 0.6) is 12.0 Å². The number of rotatable bonds is 4. The molecule has 0 spiro atoms. The zero-order chi connectivity index (χ0) is 14.8. The van der Waals surface area contributed by atoms with E-state index in [4.69, 9.17) is 21.1 Å². The molecule has 0 saturated carbocycles. The van der Waals surface area contributed by atoms with Crippen molar-refractivity contribution < 1.29 is 9.47 Å². The van der Waals surface area contributed by atoms with Crippen molar-refractivity contribution >= 4 is 17.5 Å². The number of anilines is 1. The Hall–Kier alpha value is -2.08. The third-order valence-electron chi connectivity index (χ3n) is 3.41. The topological polar surface area (TPSA) is 69.2 Å². The van der Waals surface area contributed by atoms with Crippen molar-refractivity contribution in [1.29, 1.82) is 0 Å². The SMILES string of the molecule is COc1nc(NC2c3ccccc3CC2Cl)nc(OC)n1. The van der Waals surface area contributed by atoms with Gasteiger partial charge >= 0.3 is 12.0 Å². The van der Waals surface area contributed by atoms with Crippen LogP contribution in [-0.4, -0.2) is 34.5 Å². The first kappa shape index (κ1) is 13.9. The number of nitrogens with one attached hydrogen (secondary N) is 1. The summed E-state index contributed by atoms with van der Waals surface area (Å²) < 4.78 is 10.1. The second kappa shape index (κ2) is 5.73. The fourth-order valence-electron chi connectivity index (χ4n) is 2.44. The molecule has 21 heavy (non-hydrogen) atoms. The number of benzene rings is 1. The van der Waals surface area contributed by atoms with Crippen LogP contribution in [0, 0.1) is 0 Å². The molecule has 2 atom stereocenters. The quantitative estimate of drug-likeness (QED) is 0.873. The van der Waals surface area contributed by atoms with Crippen molar-refractivity contribution in [3.05, 3.63) is 35.4 Å². The lowest BCUT2D eigenvalue weighted by molar-refractivity contribution is 0.341. The fraction of sp³-hybridized carbons (Fsp3) is 0.357. The molecule has 1 aromatic carbocycles. The van der Waals surface area contributed by atoms with E-state index in [1.807, 2.05) is 12.1 Å². The Kier molecular flexibility index (Phi) is 3.79. The first-order chi connectivity index (χ1) is 10.2. The molecule has 0 radical (unpaired) electrons. The fourth-order valence-corrected chi connectivity index (χ4v) is 2.80. The third kappa shape index (κ3) is 2.71. The van der Waals surface area contributed by atoms with Crippen LogP contribution < -0.4 is 14.8 Å². The predicted molar refractivity (Wildman–Crippen MR) is 79.1 cm³/mol. The van der Waals surface area contributed by atoms with Crippen molar-refractivity contribution in [2.75, 3.05) is 19.5 Å². The highest BCUT2D eigenvalue weighted by atomic mass is 35.5. The molecule has 2 unspecified atom stereocenters. The standard InChI is InChI=1S/C14H15ClN4O2/c1-20-13-17-12(18-14(19-13)21-2)16-11-9-6-4-3-5-8(9)7-10(11)15/h3-6,10-11H,7H2,1-2H3,(H,16,17,18,19). The van der Waals surface area contributed by atoms with Crippen molar-refractivity contribution in [2.45, 2.75) is 17.8 Å². The maximum absolute atomic E-state index is 6.44. The smallest absolute Gasteiger partial charge is 0.324 e. The Bertz CT molecular complexity index is 630. The van der Waals surface area contributed by atoms with E-state index in [1.165, 1.54) is 19.8 Å². The van der Waals surface area contributed by atoms with Gasteiger partial charge in [-0.15, -0.1) is 16.6 Å². The van der Waals surface area contributed by atoms with Crippen molar-refractivity contribution in [3.8, 4) is 12.0 Å². The van der Waals surface area contributed by atoms with Gasteiger partial charge in [-0.3, -0.25) is 0 Å². The van der Waals surface area contributed by atoms with E-state index in [9.17, 15) is 0 Å². The number of hydrogen-bond acceptors (Lipinski definition) is 6. The van der Waals surface area contributed by atoms with E-state index in [0.29, 0.717) is 5.95 Å². The van der Waals surface area contributed by atoms with Gasteiger partial charge in [0.25, 0.3) is 0 Å². The van der Waals surface area contributed by atoms with Crippen molar-refractivity contribution in [2.24, 2.45) is 0 Å². The molecule has 6 nitrogen and oxygen atoms in total. The Morgan fingerprint density at radius 2 is 1.76 bits per heavy atom. The largest absolute Gasteiger partial charge is 0.467 e. The molecular formula is C14H15ClN4O2. The van der Waals surface area contributed by atoms with Gasteiger partial charge in [-0.25, -0.2) is 0 Å². The number of methoxy groups -OCH3 is 2. The third-order valence-corrected chi connectivity index (χ3v) is 3.82. The van der Waals surface area contributed by atoms with Crippen LogP contribution in [-0.2, 0) is 6.42 Å². The van der Waals surface area contributed by atoms with Crippen LogP contribution in [0.3, 0.4) is 0 Å². The number of alkyl halides is 1. The number of aromatic nitrogens is 3. The summed E-state index contributed by atoms with van der Waals surface area (Å²) in [5.41, 5.74) is 2.40. The van der Waals surface area contributed by atoms with E-state index in [2.05, 4.69) is 32.4 Å². The van der Waals surface area contributed by atoms with E-state index in [1.54, 1.807) is 0 Å². The number of hydrogen-bond donors (Lipinski definition) is 1. The Morgan fingerprint density at radius 1 is 1.10 bits per heavy atom. The summed E-state index contributed by atoms with van der Waals surface area (Å²) in [6.45, 7) is 0. The first-order valence-corrected chi connectivity index (χ1v) is 6.97. The van der Waals surface area contributed by atoms with Crippen LogP contribution in [0.4, 0.5) is 5.95 Å². The average molecular weight is 307 g/mol. The monoisotopic (exact) mass is 306 g/mol. The zero-order valence-electron chi connectivity index (χ0n) is 11.7. The molecule has 1 aromatic heterocycles. The minimum Gasteiger partial charge on any atom is -0.467 e. The summed E-state index contributed by atoms with van der Waals surface area (Å²) in [4.78, 5) is 12.3. The molecule has 0 aliphatic heterocycles. The maximum Gasteiger partial charge on any atom is 0.324 e. The molecule has 7 heteroatoms. The van der Waals surface area contributed by atoms with Gasteiger partial charge < -0.3 is 14.8 Å². The molecule has 0 bridgehead atoms. The number of nitrogens with zero attached hydrogens (tertiary/aromatic N) is 3. The molecule has 1 heterocycles. The van der Waals surface area contributed by atoms with E-state index in [-0.39, 0.29) is 23.4 Å². The number of fused-ring (bicyclic) bond motifs is 1. The van der Waals surface area contributed by atoms with Gasteiger partial charge in [-0.2, -0.15) is 9.97 Å². The highest BCUT2D eigenvalue weighted by Gasteiger charge is 2.31. The van der Waals surface area contributed by atoms with Gasteiger partial charge in [0.05, 0.1) is 25.6 Å². The lowest BCUT2D eigenvalue weighted by atomic mass is 10.1. The Balaban J connectivity index is 1.90. The summed E-state index contributed by atoms with van der Waals surface area (Å²) in [6.07, 6.45) is 0.814. The van der Waals surface area contributed by atoms with Crippen LogP contribution in [0.1, 0.15) is 17.2 Å². The summed E-state index contributed by atoms with van der Waals surface area (Å²) in [5.74, 6) is 0.381. The van der Waals surface area contributed by atoms with E-state index < -0.39 is 0 Å². The molecule has 0 saturated heterocycles. The summed E-state index contributed by atoms with van der Waals surface area (Å²) in [6, 6.07) is 8.49. The molecule has 1 aliphatic rings. The summed E-state index contributed by atoms with van der Waals surface area (Å²) >= 11 is 6.44.